The molecule has 78 valence electrons. The molecule has 0 aliphatic rings. The van der Waals surface area contributed by atoms with Crippen molar-refractivity contribution in [1.82, 2.24) is 0 Å². The van der Waals surface area contributed by atoms with Crippen LogP contribution < -0.4 is 33.6 Å². The van der Waals surface area contributed by atoms with Crippen LogP contribution in [0.4, 0.5) is 11.4 Å². The molecule has 0 heterocycles. The predicted octanol–water partition coefficient (Wildman–Crippen LogP) is -0.628. The van der Waals surface area contributed by atoms with Crippen LogP contribution in [0, 0.1) is 0 Å². The summed E-state index contributed by atoms with van der Waals surface area (Å²) >= 11 is 0. The molecule has 0 aliphatic carbocycles. The van der Waals surface area contributed by atoms with E-state index in [-0.39, 0.29) is 0 Å². The van der Waals surface area contributed by atoms with Crippen molar-refractivity contribution in [3.8, 4) is 0 Å². The summed E-state index contributed by atoms with van der Waals surface area (Å²) in [5.41, 5.74) is 7.80. The monoisotopic (exact) mass is 196 g/mol. The van der Waals surface area contributed by atoms with Crippen molar-refractivity contribution in [2.75, 3.05) is 10.2 Å². The highest BCUT2D eigenvalue weighted by atomic mass is 15.8. The predicted molar refractivity (Wildman–Crippen MR) is 54.9 cm³/mol. The lowest BCUT2D eigenvalue weighted by atomic mass is 10.3. The van der Waals surface area contributed by atoms with Gasteiger partial charge in [0.05, 0.1) is 0 Å². The van der Waals surface area contributed by atoms with Crippen molar-refractivity contribution in [1.29, 1.82) is 0 Å². The summed E-state index contributed by atoms with van der Waals surface area (Å²) in [5, 5.41) is 2.06. The van der Waals surface area contributed by atoms with E-state index in [0.717, 1.165) is 10.2 Å². The normalized spacial score (nSPS) is 10.0. The summed E-state index contributed by atoms with van der Waals surface area (Å²) in [5.74, 6) is 20.8. The third-order valence-corrected chi connectivity index (χ3v) is 1.63. The quantitative estimate of drug-likeness (QED) is 0.373. The minimum atomic E-state index is 0.627. The molecule has 0 unspecified atom stereocenters. The van der Waals surface area contributed by atoms with E-state index in [1.807, 2.05) is 0 Å². The van der Waals surface area contributed by atoms with E-state index in [1.165, 1.54) is 0 Å². The Labute approximate surface area is 81.2 Å². The molecule has 0 amide bonds. The van der Waals surface area contributed by atoms with Crippen molar-refractivity contribution >= 4 is 11.4 Å². The third-order valence-electron chi connectivity index (χ3n) is 1.63. The first-order valence-electron chi connectivity index (χ1n) is 3.70. The fourth-order valence-corrected chi connectivity index (χ4v) is 0.891. The number of hydrogen-bond acceptors (Lipinski definition) is 6. The summed E-state index contributed by atoms with van der Waals surface area (Å²) in [6, 6.07) is 6.71. The van der Waals surface area contributed by atoms with E-state index in [2.05, 4.69) is 11.1 Å². The van der Waals surface area contributed by atoms with E-state index in [1.54, 1.807) is 24.3 Å². The van der Waals surface area contributed by atoms with Gasteiger partial charge in [0.15, 0.2) is 0 Å². The molecule has 1 aromatic carbocycles. The highest BCUT2D eigenvalue weighted by Crippen LogP contribution is 2.18. The Morgan fingerprint density at radius 2 is 1.07 bits per heavy atom. The van der Waals surface area contributed by atoms with E-state index >= 15 is 0 Å². The minimum Gasteiger partial charge on any atom is -0.490 e. The lowest BCUT2D eigenvalue weighted by Crippen LogP contribution is -2.30. The maximum absolute atomic E-state index is 5.40. The zero-order valence-corrected chi connectivity index (χ0v) is 7.41. The Hall–Kier alpha value is -1.42. The van der Waals surface area contributed by atoms with Crippen LogP contribution in [0.25, 0.3) is 11.1 Å². The van der Waals surface area contributed by atoms with Gasteiger partial charge in [0.25, 0.3) is 0 Å². The van der Waals surface area contributed by atoms with Gasteiger partial charge in [-0.15, -0.1) is 0 Å². The van der Waals surface area contributed by atoms with Gasteiger partial charge in [0.2, 0.25) is 0 Å². The van der Waals surface area contributed by atoms with Gasteiger partial charge in [-0.1, -0.05) is 0 Å². The maximum Gasteiger partial charge on any atom is 0.0346 e. The van der Waals surface area contributed by atoms with Gasteiger partial charge in [0, 0.05) is 11.4 Å². The summed E-state index contributed by atoms with van der Waals surface area (Å²) in [4.78, 5) is 0. The van der Waals surface area contributed by atoms with Gasteiger partial charge in [0.1, 0.15) is 0 Å². The van der Waals surface area contributed by atoms with Gasteiger partial charge in [-0.05, 0) is 24.3 Å². The molecular formula is C6H12N8-2. The summed E-state index contributed by atoms with van der Waals surface area (Å²) in [6.45, 7) is 0. The highest BCUT2D eigenvalue weighted by molar-refractivity contribution is 5.56. The largest absolute Gasteiger partial charge is 0.490 e. The van der Waals surface area contributed by atoms with Crippen LogP contribution in [0.15, 0.2) is 24.3 Å². The molecule has 1 aromatic rings. The molecule has 8 heteroatoms. The lowest BCUT2D eigenvalue weighted by molar-refractivity contribution is 0.975. The van der Waals surface area contributed by atoms with Gasteiger partial charge >= 0.3 is 0 Å². The Bertz CT molecular complexity index is 243. The smallest absolute Gasteiger partial charge is 0.0346 e. The van der Waals surface area contributed by atoms with Gasteiger partial charge in [-0.3, -0.25) is 11.7 Å². The first-order chi connectivity index (χ1) is 6.69. The molecule has 1 rings (SSSR count). The molecule has 0 atom stereocenters. The average Bonchev–Trinajstić information content (AvgIpc) is 2.27. The Morgan fingerprint density at radius 1 is 0.786 bits per heavy atom. The molecule has 8 N–H and O–H groups in total. The summed E-state index contributed by atoms with van der Waals surface area (Å²) < 4.78 is 0. The SMILES string of the molecule is N[N-]N(N)c1ccc(N(N)[N-]N)cc1. The molecule has 0 radical (unpaired) electrons. The molecular weight excluding hydrogens is 184 g/mol. The topological polar surface area (TPSA) is 139 Å². The van der Waals surface area contributed by atoms with Crippen molar-refractivity contribution in [3.05, 3.63) is 35.3 Å². The van der Waals surface area contributed by atoms with E-state index in [4.69, 9.17) is 23.4 Å². The Kier molecular flexibility index (Phi) is 3.59. The van der Waals surface area contributed by atoms with E-state index < -0.39 is 0 Å². The first-order valence-corrected chi connectivity index (χ1v) is 3.70. The molecule has 8 nitrogen and oxygen atoms in total. The van der Waals surface area contributed by atoms with Crippen LogP contribution in [0.3, 0.4) is 0 Å². The lowest BCUT2D eigenvalue weighted by Gasteiger charge is -2.33. The minimum absolute atomic E-state index is 0.627. The van der Waals surface area contributed by atoms with Crippen LogP contribution in [-0.4, -0.2) is 0 Å². The van der Waals surface area contributed by atoms with Gasteiger partial charge in [-0.25, -0.2) is 0 Å². The van der Waals surface area contributed by atoms with Crippen molar-refractivity contribution in [2.24, 2.45) is 23.4 Å². The second kappa shape index (κ2) is 4.72. The van der Waals surface area contributed by atoms with Crippen LogP contribution in [-0.2, 0) is 0 Å². The zero-order chi connectivity index (χ0) is 10.6. The molecule has 0 saturated carbocycles. The van der Waals surface area contributed by atoms with Crippen molar-refractivity contribution in [2.45, 2.75) is 0 Å². The number of hydrogen-bond donors (Lipinski definition) is 4. The fourth-order valence-electron chi connectivity index (χ4n) is 0.891. The number of hydrazine groups is 2. The molecule has 0 fully saturated rings. The highest BCUT2D eigenvalue weighted by Gasteiger charge is 1.94. The fraction of sp³-hybridized carbons (Fsp3) is 0. The Morgan fingerprint density at radius 3 is 1.29 bits per heavy atom. The van der Waals surface area contributed by atoms with Gasteiger partial charge < -0.3 is 33.0 Å². The van der Waals surface area contributed by atoms with Crippen LogP contribution >= 0.6 is 0 Å². The maximum atomic E-state index is 5.40. The van der Waals surface area contributed by atoms with E-state index in [0.29, 0.717) is 11.4 Å². The summed E-state index contributed by atoms with van der Waals surface area (Å²) in [7, 11) is 0. The number of nitrogens with zero attached hydrogens (tertiary/aromatic N) is 4. The number of rotatable bonds is 4. The first kappa shape index (κ1) is 10.7. The number of nitrogens with two attached hydrogens (primary N) is 4. The van der Waals surface area contributed by atoms with Crippen molar-refractivity contribution in [3.63, 3.8) is 0 Å². The molecule has 0 aromatic heterocycles. The zero-order valence-electron chi connectivity index (χ0n) is 7.41. The second-order valence-electron chi connectivity index (χ2n) is 2.44. The van der Waals surface area contributed by atoms with Crippen LogP contribution in [0.1, 0.15) is 0 Å². The van der Waals surface area contributed by atoms with Crippen molar-refractivity contribution < 1.29 is 0 Å². The number of anilines is 2. The second-order valence-corrected chi connectivity index (χ2v) is 2.44. The van der Waals surface area contributed by atoms with Crippen LogP contribution in [0.5, 0.6) is 0 Å². The molecule has 0 aliphatic heterocycles. The third kappa shape index (κ3) is 2.29. The summed E-state index contributed by atoms with van der Waals surface area (Å²) in [6.07, 6.45) is 0. The molecule has 0 saturated heterocycles. The van der Waals surface area contributed by atoms with E-state index in [9.17, 15) is 0 Å². The van der Waals surface area contributed by atoms with Crippen LogP contribution in [0.2, 0.25) is 0 Å². The molecule has 0 bridgehead atoms. The number of benzene rings is 1. The van der Waals surface area contributed by atoms with Gasteiger partial charge in [-0.2, -0.15) is 0 Å². The standard InChI is InChI=1S/C6H12N8/c7-11-13(9)5-1-2-6(4-3-5)14(10)12-8/h1-4H,7-10H2/q-2. The molecule has 14 heavy (non-hydrogen) atoms. The molecule has 0 spiro atoms. The Balaban J connectivity index is 2.78. The average molecular weight is 196 g/mol.